The predicted molar refractivity (Wildman–Crippen MR) is 87.3 cm³/mol. The Balaban J connectivity index is 2.05. The van der Waals surface area contributed by atoms with Crippen molar-refractivity contribution in [3.63, 3.8) is 0 Å². The number of aromatic nitrogens is 2. The monoisotopic (exact) mass is 299 g/mol. The Labute approximate surface area is 130 Å². The molecular weight excluding hydrogens is 278 g/mol. The first-order valence-corrected chi connectivity index (χ1v) is 7.33. The molecule has 1 aliphatic rings. The maximum Gasteiger partial charge on any atom is 0.144 e. The lowest BCUT2D eigenvalue weighted by Gasteiger charge is -2.36. The fraction of sp³-hybridized carbons (Fsp3) is 0.375. The van der Waals surface area contributed by atoms with Crippen molar-refractivity contribution >= 4 is 11.5 Å². The Morgan fingerprint density at radius 2 is 2.09 bits per heavy atom. The second-order valence-electron chi connectivity index (χ2n) is 5.53. The number of hydrogen-bond acceptors (Lipinski definition) is 6. The quantitative estimate of drug-likeness (QED) is 0.914. The molecule has 2 aromatic heterocycles. The van der Waals surface area contributed by atoms with E-state index < -0.39 is 0 Å². The average Bonchev–Trinajstić information content (AvgIpc) is 2.51. The molecule has 0 atom stereocenters. The Kier molecular flexibility index (Phi) is 3.96. The molecule has 0 aromatic carbocycles. The highest BCUT2D eigenvalue weighted by Gasteiger charge is 2.20. The topological polar surface area (TPSA) is 67.5 Å². The van der Waals surface area contributed by atoms with Gasteiger partial charge in [-0.05, 0) is 26.0 Å². The van der Waals surface area contributed by atoms with E-state index in [2.05, 4.69) is 15.0 Å². The van der Waals surface area contributed by atoms with Gasteiger partial charge in [0.2, 0.25) is 0 Å². The van der Waals surface area contributed by atoms with Crippen molar-refractivity contribution in [3.05, 3.63) is 35.8 Å². The number of nitrogens with two attached hydrogens (primary N) is 1. The van der Waals surface area contributed by atoms with Crippen molar-refractivity contribution in [1.82, 2.24) is 15.0 Å². The molecule has 6 heteroatoms. The van der Waals surface area contributed by atoms with Crippen molar-refractivity contribution in [2.75, 3.05) is 37.7 Å². The van der Waals surface area contributed by atoms with Gasteiger partial charge in [0.15, 0.2) is 0 Å². The highest BCUT2D eigenvalue weighted by Crippen LogP contribution is 2.31. The number of hydrogen-bond donors (Lipinski definition) is 1. The first kappa shape index (κ1) is 14.7. The van der Waals surface area contributed by atoms with Crippen LogP contribution in [-0.4, -0.2) is 41.9 Å². The lowest BCUT2D eigenvalue weighted by atomic mass is 10.1. The number of nitrogen functional groups attached to an aromatic ring is 1. The smallest absolute Gasteiger partial charge is 0.144 e. The molecule has 1 saturated heterocycles. The van der Waals surface area contributed by atoms with Crippen molar-refractivity contribution in [3.8, 4) is 11.1 Å². The Bertz CT molecular complexity index is 671. The molecule has 0 amide bonds. The van der Waals surface area contributed by atoms with E-state index in [1.54, 1.807) is 0 Å². The van der Waals surface area contributed by atoms with E-state index in [4.69, 9.17) is 10.5 Å². The van der Waals surface area contributed by atoms with Crippen LogP contribution in [0.25, 0.3) is 11.1 Å². The van der Waals surface area contributed by atoms with Crippen LogP contribution in [0.2, 0.25) is 0 Å². The minimum atomic E-state index is 0.562. The fourth-order valence-corrected chi connectivity index (χ4v) is 2.54. The molecule has 1 fully saturated rings. The van der Waals surface area contributed by atoms with Gasteiger partial charge in [-0.25, -0.2) is 4.98 Å². The summed E-state index contributed by atoms with van der Waals surface area (Å²) in [6.45, 7) is 5.94. The molecule has 0 aliphatic carbocycles. The summed E-state index contributed by atoms with van der Waals surface area (Å²) in [6, 6.07) is 6.06. The zero-order valence-corrected chi connectivity index (χ0v) is 13.2. The van der Waals surface area contributed by atoms with E-state index in [1.165, 1.54) is 0 Å². The Hall–Kier alpha value is -2.18. The van der Waals surface area contributed by atoms with Gasteiger partial charge >= 0.3 is 0 Å². The molecule has 116 valence electrons. The number of hydrazine groups is 1. The number of aryl methyl sites for hydroxylation is 2. The zero-order chi connectivity index (χ0) is 15.7. The molecular formula is C16H21N5O. The molecule has 3 heterocycles. The summed E-state index contributed by atoms with van der Waals surface area (Å²) in [5.74, 6) is 0.882. The summed E-state index contributed by atoms with van der Waals surface area (Å²) in [5, 5.41) is 4.12. The number of anilines is 2. The minimum Gasteiger partial charge on any atom is -0.397 e. The van der Waals surface area contributed by atoms with E-state index >= 15 is 0 Å². The second kappa shape index (κ2) is 5.90. The van der Waals surface area contributed by atoms with Crippen LogP contribution in [0, 0.1) is 13.8 Å². The second-order valence-corrected chi connectivity index (χ2v) is 5.53. The molecule has 0 radical (unpaired) electrons. The minimum absolute atomic E-state index is 0.562. The van der Waals surface area contributed by atoms with Crippen LogP contribution in [0.5, 0.6) is 0 Å². The summed E-state index contributed by atoms with van der Waals surface area (Å²) >= 11 is 0. The Morgan fingerprint density at radius 1 is 1.27 bits per heavy atom. The SMILES string of the molecule is Cc1ccc(-c2cc(N3CCOCN3C)nc(C)c2N)cn1. The first-order valence-electron chi connectivity index (χ1n) is 7.33. The van der Waals surface area contributed by atoms with Crippen molar-refractivity contribution in [2.24, 2.45) is 0 Å². The van der Waals surface area contributed by atoms with Gasteiger partial charge in [0.1, 0.15) is 12.5 Å². The maximum atomic E-state index is 6.24. The van der Waals surface area contributed by atoms with Crippen LogP contribution in [0.4, 0.5) is 11.5 Å². The van der Waals surface area contributed by atoms with Crippen LogP contribution in [0.3, 0.4) is 0 Å². The fourth-order valence-electron chi connectivity index (χ4n) is 2.54. The van der Waals surface area contributed by atoms with E-state index in [9.17, 15) is 0 Å². The van der Waals surface area contributed by atoms with E-state index in [1.807, 2.05) is 50.3 Å². The molecule has 22 heavy (non-hydrogen) atoms. The number of ether oxygens (including phenoxy) is 1. The van der Waals surface area contributed by atoms with E-state index in [0.717, 1.165) is 34.9 Å². The summed E-state index contributed by atoms with van der Waals surface area (Å²) < 4.78 is 5.44. The maximum absolute atomic E-state index is 6.24. The summed E-state index contributed by atoms with van der Waals surface area (Å²) in [6.07, 6.45) is 1.85. The summed E-state index contributed by atoms with van der Waals surface area (Å²) in [4.78, 5) is 9.00. The van der Waals surface area contributed by atoms with Gasteiger partial charge in [-0.3, -0.25) is 9.99 Å². The summed E-state index contributed by atoms with van der Waals surface area (Å²) in [7, 11) is 1.99. The molecule has 0 spiro atoms. The molecule has 0 unspecified atom stereocenters. The van der Waals surface area contributed by atoms with Gasteiger partial charge in [0.25, 0.3) is 0 Å². The van der Waals surface area contributed by atoms with Crippen molar-refractivity contribution < 1.29 is 4.74 Å². The number of nitrogens with zero attached hydrogens (tertiary/aromatic N) is 4. The van der Waals surface area contributed by atoms with Gasteiger partial charge in [0, 0.05) is 30.1 Å². The van der Waals surface area contributed by atoms with Crippen LogP contribution >= 0.6 is 0 Å². The van der Waals surface area contributed by atoms with Gasteiger partial charge < -0.3 is 10.5 Å². The largest absolute Gasteiger partial charge is 0.397 e. The summed E-state index contributed by atoms with van der Waals surface area (Å²) in [5.41, 5.74) is 10.7. The lowest BCUT2D eigenvalue weighted by molar-refractivity contribution is -0.000487. The molecule has 2 aromatic rings. The molecule has 1 aliphatic heterocycles. The predicted octanol–water partition coefficient (Wildman–Crippen LogP) is 1.98. The third kappa shape index (κ3) is 2.75. The zero-order valence-electron chi connectivity index (χ0n) is 13.2. The third-order valence-corrected chi connectivity index (χ3v) is 3.86. The highest BCUT2D eigenvalue weighted by atomic mass is 16.5. The molecule has 3 rings (SSSR count). The van der Waals surface area contributed by atoms with Gasteiger partial charge in [-0.1, -0.05) is 6.07 Å². The third-order valence-electron chi connectivity index (χ3n) is 3.86. The number of rotatable bonds is 2. The molecule has 0 saturated carbocycles. The van der Waals surface area contributed by atoms with Crippen molar-refractivity contribution in [1.29, 1.82) is 0 Å². The highest BCUT2D eigenvalue weighted by molar-refractivity contribution is 5.79. The lowest BCUT2D eigenvalue weighted by Crippen LogP contribution is -2.48. The van der Waals surface area contributed by atoms with Crippen LogP contribution < -0.4 is 10.7 Å². The normalized spacial score (nSPS) is 16.0. The number of pyridine rings is 2. The Morgan fingerprint density at radius 3 is 2.77 bits per heavy atom. The standard InChI is InChI=1S/C16H21N5O/c1-11-4-5-13(9-18-11)14-8-15(19-12(2)16(14)17)21-6-7-22-10-20(21)3/h4-5,8-9H,6-7,10,17H2,1-3H3. The van der Waals surface area contributed by atoms with Gasteiger partial charge in [0.05, 0.1) is 24.5 Å². The average molecular weight is 299 g/mol. The first-order chi connectivity index (χ1) is 10.6. The van der Waals surface area contributed by atoms with E-state index in [-0.39, 0.29) is 0 Å². The molecule has 2 N–H and O–H groups in total. The van der Waals surface area contributed by atoms with Crippen LogP contribution in [-0.2, 0) is 4.74 Å². The molecule has 0 bridgehead atoms. The van der Waals surface area contributed by atoms with E-state index in [0.29, 0.717) is 19.0 Å². The van der Waals surface area contributed by atoms with Gasteiger partial charge in [-0.2, -0.15) is 5.01 Å². The van der Waals surface area contributed by atoms with Crippen LogP contribution in [0.1, 0.15) is 11.4 Å². The van der Waals surface area contributed by atoms with Crippen LogP contribution in [0.15, 0.2) is 24.4 Å². The molecule has 6 nitrogen and oxygen atoms in total. The van der Waals surface area contributed by atoms with Crippen molar-refractivity contribution in [2.45, 2.75) is 13.8 Å². The van der Waals surface area contributed by atoms with Gasteiger partial charge in [-0.15, -0.1) is 0 Å².